The molecule has 3 aromatic heterocycles. The summed E-state index contributed by atoms with van der Waals surface area (Å²) in [5.41, 5.74) is -4.03. The summed E-state index contributed by atoms with van der Waals surface area (Å²) in [5.74, 6) is -25.8. The summed E-state index contributed by atoms with van der Waals surface area (Å²) in [4.78, 5) is 62.9. The van der Waals surface area contributed by atoms with E-state index >= 15 is 52.7 Å². The fraction of sp³-hybridized carbons (Fsp3) is 0.247. The molecule has 2 aliphatic rings. The molecule has 14 rings (SSSR count). The molecule has 0 radical (unpaired) electrons. The molecule has 0 bridgehead atoms. The fourth-order valence-electron chi connectivity index (χ4n) is 13.7. The molecule has 9 aromatic carbocycles. The van der Waals surface area contributed by atoms with Gasteiger partial charge in [0.25, 0.3) is 0 Å². The van der Waals surface area contributed by atoms with Crippen LogP contribution in [0.15, 0.2) is 128 Å². The standard InChI is InChI=1S/C27H24F4N4O2.C27H23F4N3O2.C25H21F4N3O2.C2HF3O2/c1-33-6-8-35(9-7-33)13-15-4-3-5-16(10-15)20-22(28)24(30)21(25(31)23(20)29)17-11-18(27(36)37)26-19(12-17)32-14-34(26)2;1-33-14-32-19-12-17(11-18(26(19)33)27(35)36)21-24(30)22(28)20(23(29)25(21)31)16-7-5-6-15(10-16)13-34-8-3-2-4-9-34;1-12(2)30-10-13-5-4-6-14(7-13)18-20(26)22(28)19(23(29)21(18)27)15-8-16(25(33)34)24-17(9-15)31-11-32(24)3;3-2(4,5)1(6)7/h3-5,10-12,14H,6-9,13H2,1-2H3,(H,36,37);5-7,10-12,14H,2-4,8-9,13H2,1H3,(H,35,36);4-9,11-12,30H,10H2,1-3H3,(H,33,34);(H,6,7). The average molecular weight is 1600 g/mol. The molecule has 5 N–H and O–H groups in total. The molecule has 2 fully saturated rings. The number of likely N-dealkylation sites (tertiary alicyclic amines) is 1. The van der Waals surface area contributed by atoms with Gasteiger partial charge in [-0.1, -0.05) is 74.9 Å². The first-order valence-corrected chi connectivity index (χ1v) is 35.0. The first-order chi connectivity index (χ1) is 53.9. The highest BCUT2D eigenvalue weighted by molar-refractivity contribution is 6.05. The predicted octanol–water partition coefficient (Wildman–Crippen LogP) is 17.4. The third-order valence-electron chi connectivity index (χ3n) is 19.2. The van der Waals surface area contributed by atoms with Gasteiger partial charge >= 0.3 is 30.1 Å². The van der Waals surface area contributed by atoms with Crippen LogP contribution < -0.4 is 5.32 Å². The molecule has 12 aromatic rings. The van der Waals surface area contributed by atoms with Crippen LogP contribution in [0.5, 0.6) is 0 Å². The van der Waals surface area contributed by atoms with Gasteiger partial charge in [0.2, 0.25) is 0 Å². The number of carboxylic acid groups (broad SMARTS) is 4. The molecule has 596 valence electrons. The number of aryl methyl sites for hydroxylation is 3. The van der Waals surface area contributed by atoms with Crippen molar-refractivity contribution in [3.8, 4) is 66.8 Å². The van der Waals surface area contributed by atoms with Gasteiger partial charge in [0.15, 0.2) is 69.8 Å². The number of imidazole rings is 3. The minimum Gasteiger partial charge on any atom is -0.478 e. The second kappa shape index (κ2) is 34.2. The van der Waals surface area contributed by atoms with Crippen LogP contribution in [-0.2, 0) is 45.6 Å². The van der Waals surface area contributed by atoms with E-state index in [-0.39, 0.29) is 89.2 Å². The molecule has 0 amide bonds. The van der Waals surface area contributed by atoms with Crippen molar-refractivity contribution in [2.45, 2.75) is 65.0 Å². The van der Waals surface area contributed by atoms with E-state index in [1.165, 1.54) is 93.7 Å². The summed E-state index contributed by atoms with van der Waals surface area (Å²) in [5, 5.41) is 39.1. The second-order valence-electron chi connectivity index (χ2n) is 27.5. The van der Waals surface area contributed by atoms with Crippen molar-refractivity contribution in [2.24, 2.45) is 21.1 Å². The SMILES string of the molecule is CC(C)NCc1cccc(-c2c(F)c(F)c(-c3cc(C(=O)O)c4c(c3)ncn4C)c(F)c2F)c1.CN1CCN(Cc2cccc(-c3c(F)c(F)c(-c4cc(C(=O)O)c5c(c4)ncn5C)c(F)c3F)c2)CC1.Cn1cnc2cc(-c3c(F)c(F)c(-c4cccc(CN5CCCCC5)c4)c(F)c3F)cc(C(=O)O)c21.O=C(O)C(F)(F)F. The first kappa shape index (κ1) is 83.0. The minimum atomic E-state index is -5.08. The Bertz CT molecular complexity index is 5670. The van der Waals surface area contributed by atoms with Gasteiger partial charge in [-0.05, 0) is 138 Å². The summed E-state index contributed by atoms with van der Waals surface area (Å²) in [6, 6.07) is 25.5. The summed E-state index contributed by atoms with van der Waals surface area (Å²) in [7, 11) is 6.72. The number of nitrogens with one attached hydrogen (secondary N) is 1. The van der Waals surface area contributed by atoms with E-state index in [0.717, 1.165) is 81.4 Å². The van der Waals surface area contributed by atoms with E-state index in [0.29, 0.717) is 25.2 Å². The van der Waals surface area contributed by atoms with Crippen molar-refractivity contribution in [1.82, 2.24) is 48.7 Å². The lowest BCUT2D eigenvalue weighted by molar-refractivity contribution is -0.192. The number of alkyl halides is 3. The lowest BCUT2D eigenvalue weighted by Gasteiger charge is -2.32. The van der Waals surface area contributed by atoms with Crippen LogP contribution in [0.25, 0.3) is 99.9 Å². The smallest absolute Gasteiger partial charge is 0.478 e. The van der Waals surface area contributed by atoms with Crippen LogP contribution in [0.4, 0.5) is 65.9 Å². The summed E-state index contributed by atoms with van der Waals surface area (Å²) in [6.07, 6.45) is 2.25. The quantitative estimate of drug-likeness (QED) is 0.0448. The Morgan fingerprint density at radius 1 is 0.386 bits per heavy atom. The highest BCUT2D eigenvalue weighted by Gasteiger charge is 2.39. The van der Waals surface area contributed by atoms with Gasteiger partial charge in [-0.25, -0.2) is 86.8 Å². The number of carboxylic acids is 4. The van der Waals surface area contributed by atoms with Crippen LogP contribution in [0.3, 0.4) is 0 Å². The van der Waals surface area contributed by atoms with Gasteiger partial charge < -0.3 is 44.3 Å². The molecular formula is C81H69F15N10O8. The molecular weight excluding hydrogens is 1530 g/mol. The molecule has 0 aliphatic carbocycles. The van der Waals surface area contributed by atoms with Crippen LogP contribution in [0.1, 0.15) is 80.9 Å². The van der Waals surface area contributed by atoms with Crippen molar-refractivity contribution in [2.75, 3.05) is 46.3 Å². The maximum atomic E-state index is 15.4. The Morgan fingerprint density at radius 2 is 0.658 bits per heavy atom. The Balaban J connectivity index is 0.000000162. The zero-order valence-electron chi connectivity index (χ0n) is 61.3. The Kier molecular flexibility index (Phi) is 24.9. The second-order valence-corrected chi connectivity index (χ2v) is 27.5. The van der Waals surface area contributed by atoms with E-state index in [4.69, 9.17) is 9.90 Å². The number of rotatable bonds is 16. The number of hydrogen-bond donors (Lipinski definition) is 5. The molecule has 0 unspecified atom stereocenters. The summed E-state index contributed by atoms with van der Waals surface area (Å²) in [6.45, 7) is 10.7. The van der Waals surface area contributed by atoms with E-state index < -0.39 is 133 Å². The molecule has 2 saturated heterocycles. The number of piperidine rings is 1. The highest BCUT2D eigenvalue weighted by Crippen LogP contribution is 2.43. The number of likely N-dealkylation sites (N-methyl/N-ethyl adjacent to an activating group) is 1. The van der Waals surface area contributed by atoms with Crippen molar-refractivity contribution < 1.29 is 105 Å². The average Bonchev–Trinajstić information content (AvgIpc) is 1.19. The van der Waals surface area contributed by atoms with E-state index in [1.54, 1.807) is 51.5 Å². The summed E-state index contributed by atoms with van der Waals surface area (Å²) >= 11 is 0. The molecule has 18 nitrogen and oxygen atoms in total. The molecule has 0 saturated carbocycles. The minimum absolute atomic E-state index is 0.0115. The van der Waals surface area contributed by atoms with Gasteiger partial charge in [-0.3, -0.25) is 9.80 Å². The molecule has 114 heavy (non-hydrogen) atoms. The van der Waals surface area contributed by atoms with Crippen molar-refractivity contribution in [3.05, 3.63) is 231 Å². The maximum absolute atomic E-state index is 15.4. The number of aromatic carboxylic acids is 3. The van der Waals surface area contributed by atoms with Crippen LogP contribution in [0.2, 0.25) is 0 Å². The Hall–Kier alpha value is -11.9. The first-order valence-electron chi connectivity index (χ1n) is 35.0. The van der Waals surface area contributed by atoms with Crippen LogP contribution in [0, 0.1) is 69.8 Å². The number of halogens is 15. The number of benzene rings is 9. The van der Waals surface area contributed by atoms with Gasteiger partial charge in [0.05, 0.1) is 102 Å². The molecule has 5 heterocycles. The van der Waals surface area contributed by atoms with Gasteiger partial charge in [0, 0.05) is 73.0 Å². The van der Waals surface area contributed by atoms with E-state index in [9.17, 15) is 42.9 Å². The van der Waals surface area contributed by atoms with Crippen LogP contribution in [-0.4, -0.2) is 146 Å². The molecule has 0 atom stereocenters. The number of piperazine rings is 1. The van der Waals surface area contributed by atoms with E-state index in [2.05, 4.69) is 35.0 Å². The topological polar surface area (TPSA) is 224 Å². The van der Waals surface area contributed by atoms with E-state index in [1.807, 2.05) is 27.0 Å². The fourth-order valence-corrected chi connectivity index (χ4v) is 13.7. The third kappa shape index (κ3) is 17.3. The van der Waals surface area contributed by atoms with Gasteiger partial charge in [-0.2, -0.15) is 13.2 Å². The number of fused-ring (bicyclic) bond motifs is 3. The number of hydrogen-bond acceptors (Lipinski definition) is 11. The molecule has 33 heteroatoms. The lowest BCUT2D eigenvalue weighted by Crippen LogP contribution is -2.43. The Morgan fingerprint density at radius 3 is 0.939 bits per heavy atom. The summed E-state index contributed by atoms with van der Waals surface area (Å²) < 4.78 is 219. The number of aliphatic carboxylic acids is 1. The van der Waals surface area contributed by atoms with Crippen molar-refractivity contribution in [1.29, 1.82) is 0 Å². The van der Waals surface area contributed by atoms with Crippen molar-refractivity contribution >= 4 is 57.0 Å². The van der Waals surface area contributed by atoms with Gasteiger partial charge in [0.1, 0.15) is 0 Å². The lowest BCUT2D eigenvalue weighted by atomic mass is 9.95. The largest absolute Gasteiger partial charge is 0.490 e. The molecule has 2 aliphatic heterocycles. The number of nitrogens with zero attached hydrogens (tertiary/aromatic N) is 9. The normalized spacial score (nSPS) is 13.6. The number of carbonyl (C=O) groups is 4. The highest BCUT2D eigenvalue weighted by atomic mass is 19.4. The Labute approximate surface area is 639 Å². The third-order valence-corrected chi connectivity index (χ3v) is 19.2. The zero-order chi connectivity index (χ0) is 82.8. The van der Waals surface area contributed by atoms with Crippen LogP contribution >= 0.6 is 0 Å². The monoisotopic (exact) mass is 1590 g/mol. The predicted molar refractivity (Wildman–Crippen MR) is 393 cm³/mol. The maximum Gasteiger partial charge on any atom is 0.490 e. The molecule has 0 spiro atoms. The zero-order valence-corrected chi connectivity index (χ0v) is 61.3. The van der Waals surface area contributed by atoms with Gasteiger partial charge in [-0.15, -0.1) is 0 Å². The number of aromatic nitrogens is 6. The van der Waals surface area contributed by atoms with Crippen molar-refractivity contribution in [3.63, 3.8) is 0 Å².